The molecule has 0 bridgehead atoms. The first kappa shape index (κ1) is 13.3. The maximum Gasteiger partial charge on any atom is 0.200 e. The second-order valence-electron chi connectivity index (χ2n) is 3.14. The van der Waals surface area contributed by atoms with Gasteiger partial charge in [-0.05, 0) is 12.2 Å². The summed E-state index contributed by atoms with van der Waals surface area (Å²) in [6.07, 6.45) is 1.40. The van der Waals surface area contributed by atoms with Crippen LogP contribution in [0.4, 0.5) is 22.0 Å². The lowest BCUT2D eigenvalue weighted by Gasteiger charge is -2.03. The molecule has 0 radical (unpaired) electrons. The average molecular weight is 250 g/mol. The van der Waals surface area contributed by atoms with Crippen LogP contribution in [-0.4, -0.2) is 5.78 Å². The van der Waals surface area contributed by atoms with Gasteiger partial charge in [0.15, 0.2) is 29.1 Å². The fourth-order valence-electron chi connectivity index (χ4n) is 1.06. The summed E-state index contributed by atoms with van der Waals surface area (Å²) >= 11 is 0. The van der Waals surface area contributed by atoms with Gasteiger partial charge in [-0.15, -0.1) is 0 Å². The molecule has 0 heterocycles. The monoisotopic (exact) mass is 250 g/mol. The highest BCUT2D eigenvalue weighted by atomic mass is 19.2. The zero-order valence-corrected chi connectivity index (χ0v) is 8.66. The van der Waals surface area contributed by atoms with Crippen molar-refractivity contribution in [3.63, 3.8) is 0 Å². The molecule has 92 valence electrons. The van der Waals surface area contributed by atoms with Gasteiger partial charge in [0.1, 0.15) is 0 Å². The Morgan fingerprint density at radius 1 is 0.941 bits per heavy atom. The van der Waals surface area contributed by atoms with Crippen molar-refractivity contribution in [3.8, 4) is 0 Å². The summed E-state index contributed by atoms with van der Waals surface area (Å²) in [7, 11) is 0. The number of hydrogen-bond acceptors (Lipinski definition) is 1. The Morgan fingerprint density at radius 3 is 1.76 bits per heavy atom. The molecule has 0 aliphatic carbocycles. The molecule has 0 saturated heterocycles. The number of benzene rings is 1. The van der Waals surface area contributed by atoms with Crippen LogP contribution in [0.1, 0.15) is 18.9 Å². The quantitative estimate of drug-likeness (QED) is 0.348. The van der Waals surface area contributed by atoms with Crippen LogP contribution in [0.2, 0.25) is 0 Å². The van der Waals surface area contributed by atoms with Gasteiger partial charge in [0.2, 0.25) is 5.82 Å². The Morgan fingerprint density at radius 2 is 1.35 bits per heavy atom. The van der Waals surface area contributed by atoms with E-state index in [2.05, 4.69) is 0 Å². The normalized spacial score (nSPS) is 11.2. The van der Waals surface area contributed by atoms with E-state index >= 15 is 0 Å². The van der Waals surface area contributed by atoms with Crippen LogP contribution in [0.25, 0.3) is 6.08 Å². The average Bonchev–Trinajstić information content (AvgIpc) is 2.33. The summed E-state index contributed by atoms with van der Waals surface area (Å²) in [5.74, 6) is -10.7. The second kappa shape index (κ2) is 5.07. The van der Waals surface area contributed by atoms with Gasteiger partial charge in [0.25, 0.3) is 0 Å². The van der Waals surface area contributed by atoms with Crippen LogP contribution >= 0.6 is 0 Å². The van der Waals surface area contributed by atoms with E-state index < -0.39 is 40.4 Å². The molecular weight excluding hydrogens is 243 g/mol. The molecule has 17 heavy (non-hydrogen) atoms. The Hall–Kier alpha value is -1.72. The van der Waals surface area contributed by atoms with Crippen LogP contribution in [0.3, 0.4) is 0 Å². The van der Waals surface area contributed by atoms with Crippen molar-refractivity contribution >= 4 is 11.9 Å². The third-order valence-electron chi connectivity index (χ3n) is 2.03. The van der Waals surface area contributed by atoms with Gasteiger partial charge in [-0.2, -0.15) is 0 Å². The van der Waals surface area contributed by atoms with Crippen molar-refractivity contribution in [3.05, 3.63) is 40.7 Å². The Labute approximate surface area is 93.6 Å². The van der Waals surface area contributed by atoms with Gasteiger partial charge in [0, 0.05) is 6.42 Å². The first-order valence-electron chi connectivity index (χ1n) is 4.62. The third-order valence-corrected chi connectivity index (χ3v) is 2.03. The molecule has 0 aliphatic heterocycles. The first-order valence-corrected chi connectivity index (χ1v) is 4.62. The maximum absolute atomic E-state index is 13.1. The van der Waals surface area contributed by atoms with E-state index in [0.717, 1.165) is 6.08 Å². The zero-order chi connectivity index (χ0) is 13.2. The van der Waals surface area contributed by atoms with Crippen LogP contribution in [0.5, 0.6) is 0 Å². The molecule has 6 heteroatoms. The lowest BCUT2D eigenvalue weighted by molar-refractivity contribution is -0.114. The van der Waals surface area contributed by atoms with Crippen molar-refractivity contribution in [1.29, 1.82) is 0 Å². The van der Waals surface area contributed by atoms with E-state index in [9.17, 15) is 26.7 Å². The lowest BCUT2D eigenvalue weighted by Crippen LogP contribution is -2.04. The van der Waals surface area contributed by atoms with E-state index in [1.165, 1.54) is 6.92 Å². The van der Waals surface area contributed by atoms with Crippen molar-refractivity contribution < 1.29 is 26.7 Å². The predicted molar refractivity (Wildman–Crippen MR) is 50.6 cm³/mol. The molecular formula is C11H7F5O. The molecule has 0 spiro atoms. The molecule has 0 unspecified atom stereocenters. The van der Waals surface area contributed by atoms with Crippen molar-refractivity contribution in [2.75, 3.05) is 0 Å². The minimum absolute atomic E-state index is 0.0614. The number of ketones is 1. The first-order chi connectivity index (χ1) is 7.90. The van der Waals surface area contributed by atoms with E-state index in [-0.39, 0.29) is 6.42 Å². The van der Waals surface area contributed by atoms with Crippen molar-refractivity contribution in [2.24, 2.45) is 0 Å². The third kappa shape index (κ3) is 2.51. The number of carbonyl (C=O) groups is 1. The largest absolute Gasteiger partial charge is 0.295 e. The van der Waals surface area contributed by atoms with Gasteiger partial charge in [-0.3, -0.25) is 4.79 Å². The Kier molecular flexibility index (Phi) is 3.98. The highest BCUT2D eigenvalue weighted by molar-refractivity contribution is 5.93. The van der Waals surface area contributed by atoms with E-state index in [1.54, 1.807) is 0 Å². The number of hydrogen-bond donors (Lipinski definition) is 0. The molecule has 0 atom stereocenters. The second-order valence-corrected chi connectivity index (χ2v) is 3.14. The van der Waals surface area contributed by atoms with Crippen LogP contribution < -0.4 is 0 Å². The van der Waals surface area contributed by atoms with Crippen LogP contribution in [-0.2, 0) is 4.79 Å². The molecule has 0 aliphatic rings. The van der Waals surface area contributed by atoms with Crippen LogP contribution in [0, 0.1) is 29.1 Å². The zero-order valence-electron chi connectivity index (χ0n) is 8.66. The molecule has 1 aromatic carbocycles. The van der Waals surface area contributed by atoms with E-state index in [0.29, 0.717) is 6.08 Å². The summed E-state index contributed by atoms with van der Waals surface area (Å²) in [5, 5.41) is 0. The summed E-state index contributed by atoms with van der Waals surface area (Å²) < 4.78 is 64.2. The molecule has 0 saturated carbocycles. The number of allylic oxidation sites excluding steroid dienone is 1. The molecule has 1 aromatic rings. The molecule has 0 N–H and O–H groups in total. The van der Waals surface area contributed by atoms with Gasteiger partial charge in [-0.25, -0.2) is 22.0 Å². The minimum atomic E-state index is -2.22. The van der Waals surface area contributed by atoms with Gasteiger partial charge < -0.3 is 0 Å². The lowest BCUT2D eigenvalue weighted by atomic mass is 10.1. The van der Waals surface area contributed by atoms with Gasteiger partial charge in [0.05, 0.1) is 5.56 Å². The standard InChI is InChI=1S/C11H7F5O/c1-2-5(17)3-4-6-7(12)9(14)11(16)10(15)8(6)13/h3-4H,2H2,1H3/b4-3+. The molecule has 1 rings (SSSR count). The Bertz CT molecular complexity index is 464. The van der Waals surface area contributed by atoms with E-state index in [1.807, 2.05) is 0 Å². The maximum atomic E-state index is 13.1. The number of halogens is 5. The number of rotatable bonds is 3. The smallest absolute Gasteiger partial charge is 0.200 e. The van der Waals surface area contributed by atoms with Crippen molar-refractivity contribution in [2.45, 2.75) is 13.3 Å². The van der Waals surface area contributed by atoms with Crippen LogP contribution in [0.15, 0.2) is 6.08 Å². The summed E-state index contributed by atoms with van der Waals surface area (Å²) in [5.41, 5.74) is -1.12. The molecule has 1 nitrogen and oxygen atoms in total. The summed E-state index contributed by atoms with van der Waals surface area (Å²) in [6, 6.07) is 0. The molecule has 0 fully saturated rings. The summed E-state index contributed by atoms with van der Waals surface area (Å²) in [6.45, 7) is 1.49. The van der Waals surface area contributed by atoms with Gasteiger partial charge in [-0.1, -0.05) is 6.92 Å². The SMILES string of the molecule is CCC(=O)/C=C/c1c(F)c(F)c(F)c(F)c1F. The minimum Gasteiger partial charge on any atom is -0.295 e. The highest BCUT2D eigenvalue weighted by Crippen LogP contribution is 2.23. The fourth-order valence-corrected chi connectivity index (χ4v) is 1.06. The van der Waals surface area contributed by atoms with Gasteiger partial charge >= 0.3 is 0 Å². The fraction of sp³-hybridized carbons (Fsp3) is 0.182. The summed E-state index contributed by atoms with van der Waals surface area (Å²) in [4.78, 5) is 10.9. The van der Waals surface area contributed by atoms with E-state index in [4.69, 9.17) is 0 Å². The highest BCUT2D eigenvalue weighted by Gasteiger charge is 2.24. The molecule has 0 amide bonds. The molecule has 0 aromatic heterocycles. The Balaban J connectivity index is 3.35. The number of carbonyl (C=O) groups excluding carboxylic acids is 1. The van der Waals surface area contributed by atoms with Crippen molar-refractivity contribution in [1.82, 2.24) is 0 Å². The predicted octanol–water partition coefficient (Wildman–Crippen LogP) is 3.37. The topological polar surface area (TPSA) is 17.1 Å².